The number of hydrogen-bond acceptors (Lipinski definition) is 6. The molecule has 0 spiro atoms. The van der Waals surface area contributed by atoms with Gasteiger partial charge in [-0.25, -0.2) is 4.98 Å². The first-order valence-corrected chi connectivity index (χ1v) is 5.96. The topological polar surface area (TPSA) is 98.4 Å². The molecule has 104 valence electrons. The molecule has 0 atom stereocenters. The summed E-state index contributed by atoms with van der Waals surface area (Å²) >= 11 is 5.69. The van der Waals surface area contributed by atoms with Crippen molar-refractivity contribution in [2.45, 2.75) is 13.5 Å². The summed E-state index contributed by atoms with van der Waals surface area (Å²) < 4.78 is 5.42. The number of nitro groups is 1. The number of benzene rings is 1. The Balaban J connectivity index is 2.50. The average Bonchev–Trinajstić information content (AvgIpc) is 2.38. The number of hydrogen-bond donors (Lipinski definition) is 1. The quantitative estimate of drug-likeness (QED) is 0.529. The molecular formula is C12H10ClN3O4. The van der Waals surface area contributed by atoms with Gasteiger partial charge in [0.15, 0.2) is 0 Å². The Labute approximate surface area is 119 Å². The maximum Gasteiger partial charge on any atom is 0.352 e. The highest BCUT2D eigenvalue weighted by molar-refractivity contribution is 6.28. The van der Waals surface area contributed by atoms with Crippen molar-refractivity contribution in [2.24, 2.45) is 0 Å². The first kappa shape index (κ1) is 14.2. The van der Waals surface area contributed by atoms with Crippen molar-refractivity contribution in [1.29, 1.82) is 0 Å². The van der Waals surface area contributed by atoms with Gasteiger partial charge in [0.05, 0.1) is 11.5 Å². The summed E-state index contributed by atoms with van der Waals surface area (Å²) in [5, 5.41) is 20.1. The van der Waals surface area contributed by atoms with Crippen LogP contribution >= 0.6 is 11.6 Å². The largest absolute Gasteiger partial charge is 0.433 e. The zero-order valence-electron chi connectivity index (χ0n) is 10.4. The molecule has 1 heterocycles. The normalized spacial score (nSPS) is 10.3. The summed E-state index contributed by atoms with van der Waals surface area (Å²) in [4.78, 5) is 17.9. The minimum atomic E-state index is -0.636. The number of ether oxygens (including phenoxy) is 1. The van der Waals surface area contributed by atoms with Crippen LogP contribution in [0.2, 0.25) is 5.28 Å². The number of halogens is 1. The number of nitrogens with zero attached hydrogens (tertiary/aromatic N) is 3. The van der Waals surface area contributed by atoms with E-state index < -0.39 is 4.92 Å². The Bertz CT molecular complexity index is 663. The maximum absolute atomic E-state index is 11.1. The number of aromatic nitrogens is 2. The second-order valence-corrected chi connectivity index (χ2v) is 4.19. The molecule has 0 unspecified atom stereocenters. The molecule has 1 aromatic carbocycles. The van der Waals surface area contributed by atoms with Gasteiger partial charge < -0.3 is 9.84 Å². The van der Waals surface area contributed by atoms with Gasteiger partial charge in [-0.05, 0) is 24.6 Å². The van der Waals surface area contributed by atoms with Crippen molar-refractivity contribution in [3.05, 3.63) is 50.9 Å². The van der Waals surface area contributed by atoms with Gasteiger partial charge in [-0.1, -0.05) is 18.2 Å². The molecule has 1 N–H and O–H groups in total. The van der Waals surface area contributed by atoms with Gasteiger partial charge in [0, 0.05) is 5.56 Å². The van der Waals surface area contributed by atoms with Crippen LogP contribution in [-0.4, -0.2) is 20.0 Å². The van der Waals surface area contributed by atoms with Crippen LogP contribution in [-0.2, 0) is 6.61 Å². The van der Waals surface area contributed by atoms with Gasteiger partial charge in [0.25, 0.3) is 0 Å². The Morgan fingerprint density at radius 1 is 1.40 bits per heavy atom. The van der Waals surface area contributed by atoms with E-state index in [1.807, 2.05) is 0 Å². The summed E-state index contributed by atoms with van der Waals surface area (Å²) in [7, 11) is 0. The van der Waals surface area contributed by atoms with E-state index in [9.17, 15) is 15.2 Å². The molecule has 0 saturated carbocycles. The van der Waals surface area contributed by atoms with Crippen LogP contribution < -0.4 is 4.74 Å². The smallest absolute Gasteiger partial charge is 0.352 e. The van der Waals surface area contributed by atoms with Gasteiger partial charge >= 0.3 is 11.6 Å². The summed E-state index contributed by atoms with van der Waals surface area (Å²) in [5.41, 5.74) is 0.225. The van der Waals surface area contributed by atoms with E-state index in [4.69, 9.17) is 16.3 Å². The molecule has 0 bridgehead atoms. The molecular weight excluding hydrogens is 286 g/mol. The average molecular weight is 296 g/mol. The number of para-hydroxylation sites is 1. The molecule has 0 radical (unpaired) electrons. The van der Waals surface area contributed by atoms with Crippen molar-refractivity contribution in [3.8, 4) is 11.6 Å². The van der Waals surface area contributed by atoms with Crippen molar-refractivity contribution >= 4 is 17.3 Å². The Morgan fingerprint density at radius 2 is 2.10 bits per heavy atom. The molecule has 0 saturated heterocycles. The van der Waals surface area contributed by atoms with Crippen LogP contribution in [0.15, 0.2) is 24.3 Å². The van der Waals surface area contributed by atoms with Gasteiger partial charge in [0.2, 0.25) is 5.28 Å². The van der Waals surface area contributed by atoms with Crippen molar-refractivity contribution in [3.63, 3.8) is 0 Å². The number of aliphatic hydroxyl groups is 1. The fourth-order valence-electron chi connectivity index (χ4n) is 1.63. The Morgan fingerprint density at radius 3 is 2.75 bits per heavy atom. The lowest BCUT2D eigenvalue weighted by Gasteiger charge is -2.09. The molecule has 0 aliphatic rings. The Kier molecular flexibility index (Phi) is 4.11. The van der Waals surface area contributed by atoms with E-state index in [-0.39, 0.29) is 34.9 Å². The summed E-state index contributed by atoms with van der Waals surface area (Å²) in [5.74, 6) is 0.0145. The highest BCUT2D eigenvalue weighted by Crippen LogP contribution is 2.33. The van der Waals surface area contributed by atoms with Crippen LogP contribution in [0.3, 0.4) is 0 Å². The summed E-state index contributed by atoms with van der Waals surface area (Å²) in [6.45, 7) is 1.18. The highest BCUT2D eigenvalue weighted by atomic mass is 35.5. The van der Waals surface area contributed by atoms with Crippen LogP contribution in [0.1, 0.15) is 11.3 Å². The van der Waals surface area contributed by atoms with E-state index in [0.717, 1.165) is 0 Å². The monoisotopic (exact) mass is 295 g/mol. The maximum atomic E-state index is 11.1. The van der Waals surface area contributed by atoms with E-state index in [1.165, 1.54) is 6.92 Å². The molecule has 2 aromatic rings. The zero-order valence-corrected chi connectivity index (χ0v) is 11.2. The molecule has 0 aliphatic heterocycles. The van der Waals surface area contributed by atoms with Gasteiger partial charge in [0.1, 0.15) is 11.4 Å². The van der Waals surface area contributed by atoms with Crippen LogP contribution in [0.25, 0.3) is 0 Å². The van der Waals surface area contributed by atoms with Gasteiger partial charge in [-0.2, -0.15) is 4.98 Å². The minimum Gasteiger partial charge on any atom is -0.433 e. The number of aryl methyl sites for hydroxylation is 1. The summed E-state index contributed by atoms with van der Waals surface area (Å²) in [6.07, 6.45) is 0. The first-order valence-electron chi connectivity index (χ1n) is 5.58. The van der Waals surface area contributed by atoms with Crippen molar-refractivity contribution in [2.75, 3.05) is 0 Å². The Hall–Kier alpha value is -2.25. The summed E-state index contributed by atoms with van der Waals surface area (Å²) in [6, 6.07) is 6.60. The second-order valence-electron chi connectivity index (χ2n) is 3.86. The third-order valence-electron chi connectivity index (χ3n) is 2.53. The van der Waals surface area contributed by atoms with E-state index in [1.54, 1.807) is 24.3 Å². The lowest BCUT2D eigenvalue weighted by Crippen LogP contribution is -2.02. The lowest BCUT2D eigenvalue weighted by atomic mass is 10.2. The van der Waals surface area contributed by atoms with Crippen molar-refractivity contribution < 1.29 is 14.8 Å². The van der Waals surface area contributed by atoms with Gasteiger partial charge in [-0.15, -0.1) is 0 Å². The predicted molar refractivity (Wildman–Crippen MR) is 70.9 cm³/mol. The third kappa shape index (κ3) is 2.84. The zero-order chi connectivity index (χ0) is 14.7. The predicted octanol–water partition coefficient (Wildman–Crippen LogP) is 2.63. The molecule has 7 nitrogen and oxygen atoms in total. The molecule has 0 fully saturated rings. The molecule has 0 aliphatic carbocycles. The van der Waals surface area contributed by atoms with Gasteiger partial charge in [-0.3, -0.25) is 10.1 Å². The molecule has 8 heteroatoms. The molecule has 20 heavy (non-hydrogen) atoms. The van der Waals surface area contributed by atoms with Crippen molar-refractivity contribution in [1.82, 2.24) is 9.97 Å². The van der Waals surface area contributed by atoms with E-state index in [2.05, 4.69) is 9.97 Å². The SMILES string of the molecule is Cc1nc(Cl)nc(Oc2ccccc2CO)c1[N+](=O)[O-]. The molecule has 2 rings (SSSR count). The van der Waals surface area contributed by atoms with E-state index in [0.29, 0.717) is 5.56 Å². The minimum absolute atomic E-state index is 0.103. The number of rotatable bonds is 4. The number of aliphatic hydroxyl groups excluding tert-OH is 1. The lowest BCUT2D eigenvalue weighted by molar-refractivity contribution is -0.386. The molecule has 0 amide bonds. The standard InChI is InChI=1S/C12H10ClN3O4/c1-7-10(16(18)19)11(15-12(13)14-7)20-9-5-3-2-4-8(9)6-17/h2-5,17H,6H2,1H3. The van der Waals surface area contributed by atoms with Crippen LogP contribution in [0.4, 0.5) is 5.69 Å². The highest BCUT2D eigenvalue weighted by Gasteiger charge is 2.24. The second kappa shape index (κ2) is 5.81. The van der Waals surface area contributed by atoms with Crippen LogP contribution in [0, 0.1) is 17.0 Å². The van der Waals surface area contributed by atoms with E-state index >= 15 is 0 Å². The van der Waals surface area contributed by atoms with Crippen LogP contribution in [0.5, 0.6) is 11.6 Å². The molecule has 1 aromatic heterocycles. The fourth-order valence-corrected chi connectivity index (χ4v) is 1.83. The first-order chi connectivity index (χ1) is 9.52. The third-order valence-corrected chi connectivity index (χ3v) is 2.70. The fraction of sp³-hybridized carbons (Fsp3) is 0.167.